The molecule has 0 saturated heterocycles. The number of rotatable bonds is 2. The quantitative estimate of drug-likeness (QED) is 0.756. The minimum atomic E-state index is -0.363. The van der Waals surface area contributed by atoms with Gasteiger partial charge >= 0.3 is 0 Å². The second kappa shape index (κ2) is 5.39. The molecule has 0 bridgehead atoms. The Bertz CT molecular complexity index is 746. The van der Waals surface area contributed by atoms with Crippen molar-refractivity contribution >= 4 is 39.1 Å². The summed E-state index contributed by atoms with van der Waals surface area (Å²) in [5.74, 6) is 0.839. The molecule has 1 aliphatic rings. The molecule has 1 aromatic heterocycles. The lowest BCUT2D eigenvalue weighted by molar-refractivity contribution is 0.352. The van der Waals surface area contributed by atoms with Gasteiger partial charge in [0.15, 0.2) is 5.15 Å². The highest BCUT2D eigenvalue weighted by Gasteiger charge is 2.18. The minimum Gasteiger partial charge on any atom is -0.493 e. The van der Waals surface area contributed by atoms with Gasteiger partial charge in [-0.2, -0.15) is 0 Å². The van der Waals surface area contributed by atoms with E-state index in [9.17, 15) is 4.79 Å². The molecule has 4 nitrogen and oxygen atoms in total. The summed E-state index contributed by atoms with van der Waals surface area (Å²) in [6.45, 7) is 0.998. The molecule has 0 atom stereocenters. The van der Waals surface area contributed by atoms with E-state index in [0.29, 0.717) is 13.2 Å². The number of fused-ring (bicyclic) bond motifs is 1. The van der Waals surface area contributed by atoms with E-state index in [-0.39, 0.29) is 15.7 Å². The van der Waals surface area contributed by atoms with Crippen LogP contribution in [0.25, 0.3) is 0 Å². The lowest BCUT2D eigenvalue weighted by atomic mass is 10.1. The van der Waals surface area contributed by atoms with Crippen LogP contribution in [0.15, 0.2) is 27.7 Å². The molecular formula is C13H9BrCl2N2O2. The molecule has 20 heavy (non-hydrogen) atoms. The predicted molar refractivity (Wildman–Crippen MR) is 81.0 cm³/mol. The van der Waals surface area contributed by atoms with Crippen LogP contribution in [0.1, 0.15) is 11.1 Å². The van der Waals surface area contributed by atoms with Crippen molar-refractivity contribution in [1.82, 2.24) is 9.55 Å². The summed E-state index contributed by atoms with van der Waals surface area (Å²) in [6, 6.07) is 3.96. The normalized spacial score (nSPS) is 13.2. The Morgan fingerprint density at radius 1 is 1.40 bits per heavy atom. The van der Waals surface area contributed by atoms with E-state index < -0.39 is 0 Å². The number of nitrogens with zero attached hydrogens (tertiary/aromatic N) is 2. The van der Waals surface area contributed by atoms with E-state index in [1.165, 1.54) is 10.9 Å². The lowest BCUT2D eigenvalue weighted by Gasteiger charge is -2.11. The van der Waals surface area contributed by atoms with Crippen LogP contribution in [0.5, 0.6) is 5.75 Å². The van der Waals surface area contributed by atoms with Crippen LogP contribution >= 0.6 is 39.1 Å². The average molecular weight is 376 g/mol. The van der Waals surface area contributed by atoms with Crippen molar-refractivity contribution in [2.45, 2.75) is 13.0 Å². The van der Waals surface area contributed by atoms with E-state index in [4.69, 9.17) is 27.9 Å². The number of benzene rings is 1. The first-order valence-corrected chi connectivity index (χ1v) is 7.45. The first-order chi connectivity index (χ1) is 9.56. The Labute approximate surface area is 133 Å². The standard InChI is InChI=1S/C13H9BrCl2N2O2/c14-9-3-7-1-2-20-11(7)8(4-9)5-18-6-17-12(16)10(15)13(18)19/h3-4,6H,1-2,5H2. The van der Waals surface area contributed by atoms with E-state index in [2.05, 4.69) is 20.9 Å². The van der Waals surface area contributed by atoms with Gasteiger partial charge in [0.25, 0.3) is 5.56 Å². The number of hydrogen-bond donors (Lipinski definition) is 0. The number of hydrogen-bond acceptors (Lipinski definition) is 3. The van der Waals surface area contributed by atoms with Crippen LogP contribution in [-0.4, -0.2) is 16.2 Å². The van der Waals surface area contributed by atoms with E-state index in [1.54, 1.807) is 0 Å². The third-order valence-electron chi connectivity index (χ3n) is 3.11. The van der Waals surface area contributed by atoms with Crippen molar-refractivity contribution in [2.24, 2.45) is 0 Å². The van der Waals surface area contributed by atoms with Crippen LogP contribution in [0.2, 0.25) is 10.2 Å². The smallest absolute Gasteiger partial charge is 0.273 e. The third-order valence-corrected chi connectivity index (χ3v) is 4.29. The first-order valence-electron chi connectivity index (χ1n) is 5.91. The Kier molecular flexibility index (Phi) is 3.75. The summed E-state index contributed by atoms with van der Waals surface area (Å²) in [6.07, 6.45) is 2.26. The van der Waals surface area contributed by atoms with Crippen LogP contribution < -0.4 is 10.3 Å². The first kappa shape index (κ1) is 13.9. The topological polar surface area (TPSA) is 44.1 Å². The summed E-state index contributed by atoms with van der Waals surface area (Å²) in [5.41, 5.74) is 1.68. The summed E-state index contributed by atoms with van der Waals surface area (Å²) in [4.78, 5) is 15.9. The van der Waals surface area contributed by atoms with Gasteiger partial charge in [-0.25, -0.2) is 4.98 Å². The minimum absolute atomic E-state index is 0.0173. The molecule has 0 spiro atoms. The summed E-state index contributed by atoms with van der Waals surface area (Å²) >= 11 is 15.0. The molecule has 0 N–H and O–H groups in total. The van der Waals surface area contributed by atoms with Gasteiger partial charge in [-0.3, -0.25) is 9.36 Å². The van der Waals surface area contributed by atoms with Gasteiger partial charge < -0.3 is 4.74 Å². The van der Waals surface area contributed by atoms with Gasteiger partial charge in [-0.05, 0) is 17.7 Å². The number of halogens is 3. The molecule has 0 amide bonds. The third kappa shape index (κ3) is 2.45. The fraction of sp³-hybridized carbons (Fsp3) is 0.231. The van der Waals surface area contributed by atoms with Gasteiger partial charge in [-0.15, -0.1) is 0 Å². The van der Waals surface area contributed by atoms with Gasteiger partial charge in [0.1, 0.15) is 10.8 Å². The highest BCUT2D eigenvalue weighted by Crippen LogP contribution is 2.33. The molecule has 0 fully saturated rings. The highest BCUT2D eigenvalue weighted by atomic mass is 79.9. The van der Waals surface area contributed by atoms with Crippen molar-refractivity contribution in [3.8, 4) is 5.75 Å². The number of aromatic nitrogens is 2. The Balaban J connectivity index is 2.05. The molecule has 2 aromatic rings. The maximum absolute atomic E-state index is 12.0. The Morgan fingerprint density at radius 3 is 3.00 bits per heavy atom. The summed E-state index contributed by atoms with van der Waals surface area (Å²) in [7, 11) is 0. The fourth-order valence-corrected chi connectivity index (χ4v) is 3.04. The SMILES string of the molecule is O=c1c(Cl)c(Cl)ncn1Cc1cc(Br)cc2c1OCC2. The van der Waals surface area contributed by atoms with Crippen LogP contribution in [0.4, 0.5) is 0 Å². The van der Waals surface area contributed by atoms with E-state index in [0.717, 1.165) is 27.8 Å². The molecule has 2 heterocycles. The predicted octanol–water partition coefficient (Wildman–Crippen LogP) is 3.30. The molecule has 7 heteroatoms. The molecular weight excluding hydrogens is 367 g/mol. The van der Waals surface area contributed by atoms with E-state index in [1.807, 2.05) is 12.1 Å². The van der Waals surface area contributed by atoms with Crippen molar-refractivity contribution in [3.63, 3.8) is 0 Å². The molecule has 0 unspecified atom stereocenters. The van der Waals surface area contributed by atoms with Gasteiger partial charge in [0, 0.05) is 16.5 Å². The molecule has 104 valence electrons. The summed E-state index contributed by atoms with van der Waals surface area (Å²) in [5, 5.41) is -0.0506. The monoisotopic (exact) mass is 374 g/mol. The second-order valence-corrected chi connectivity index (χ2v) is 6.09. The zero-order chi connectivity index (χ0) is 14.3. The molecule has 0 radical (unpaired) electrons. The zero-order valence-electron chi connectivity index (χ0n) is 10.2. The van der Waals surface area contributed by atoms with Gasteiger partial charge in [-0.1, -0.05) is 39.1 Å². The Morgan fingerprint density at radius 2 is 2.20 bits per heavy atom. The van der Waals surface area contributed by atoms with Crippen molar-refractivity contribution in [2.75, 3.05) is 6.61 Å². The highest BCUT2D eigenvalue weighted by molar-refractivity contribution is 9.10. The van der Waals surface area contributed by atoms with Gasteiger partial charge in [0.2, 0.25) is 0 Å². The zero-order valence-corrected chi connectivity index (χ0v) is 13.3. The largest absolute Gasteiger partial charge is 0.493 e. The molecule has 0 aliphatic carbocycles. The van der Waals surface area contributed by atoms with E-state index >= 15 is 0 Å². The van der Waals surface area contributed by atoms with Crippen molar-refractivity contribution in [1.29, 1.82) is 0 Å². The summed E-state index contributed by atoms with van der Waals surface area (Å²) < 4.78 is 8.01. The Hall–Kier alpha value is -1.04. The van der Waals surface area contributed by atoms with Crippen LogP contribution in [0, 0.1) is 0 Å². The molecule has 1 aliphatic heterocycles. The van der Waals surface area contributed by atoms with Crippen LogP contribution in [0.3, 0.4) is 0 Å². The maximum atomic E-state index is 12.0. The molecule has 3 rings (SSSR count). The maximum Gasteiger partial charge on any atom is 0.273 e. The second-order valence-electron chi connectivity index (χ2n) is 4.43. The average Bonchev–Trinajstić information content (AvgIpc) is 2.87. The van der Waals surface area contributed by atoms with Crippen LogP contribution in [-0.2, 0) is 13.0 Å². The number of ether oxygens (including phenoxy) is 1. The molecule has 1 aromatic carbocycles. The fourth-order valence-electron chi connectivity index (χ4n) is 2.20. The van der Waals surface area contributed by atoms with Crippen molar-refractivity contribution in [3.05, 3.63) is 54.6 Å². The lowest BCUT2D eigenvalue weighted by Crippen LogP contribution is -2.21. The van der Waals surface area contributed by atoms with Crippen molar-refractivity contribution < 1.29 is 4.74 Å². The van der Waals surface area contributed by atoms with Gasteiger partial charge in [0.05, 0.1) is 19.5 Å². The molecule has 0 saturated carbocycles.